The van der Waals surface area contributed by atoms with Crippen molar-refractivity contribution >= 4 is 13.7 Å². The molecule has 0 aliphatic rings. The number of phosphoric ester groups is 1. The highest BCUT2D eigenvalue weighted by Gasteiger charge is 2.27. The van der Waals surface area contributed by atoms with Gasteiger partial charge in [0.2, 0.25) is 5.91 Å². The molecule has 1 amide bonds. The minimum atomic E-state index is -4.35. The average molecular weight is 950 g/mol. The fraction of sp³-hybridized carbons (Fsp3) is 0.842. The lowest BCUT2D eigenvalue weighted by atomic mass is 10.0. The summed E-state index contributed by atoms with van der Waals surface area (Å²) in [4.78, 5) is 23.2. The Hall–Kier alpha value is -1.54. The molecule has 0 radical (unpaired) electrons. The lowest BCUT2D eigenvalue weighted by Crippen LogP contribution is -2.45. The molecule has 66 heavy (non-hydrogen) atoms. The van der Waals surface area contributed by atoms with Crippen molar-refractivity contribution in [2.45, 2.75) is 270 Å². The summed E-state index contributed by atoms with van der Waals surface area (Å²) in [6, 6.07) is -0.864. The molecule has 0 saturated heterocycles. The molecule has 0 rings (SSSR count). The molecule has 0 bridgehead atoms. The van der Waals surface area contributed by atoms with E-state index < -0.39 is 20.0 Å². The number of carbonyl (C=O) groups is 1. The number of nitrogens with zero attached hydrogens (tertiary/aromatic N) is 1. The normalized spacial score (nSPS) is 14.3. The SMILES string of the molecule is CCCCCCCCCCC/C=C\C/C=C\CCCCCCCCCCCCCCCC(=O)NC(COP(=O)(O)OCC[N+](C)(C)C)C(O)/C=C/CC/C=C/CCCCCCCCCCC. The van der Waals surface area contributed by atoms with Crippen LogP contribution < -0.4 is 5.32 Å². The van der Waals surface area contributed by atoms with Crippen LogP contribution >= 0.6 is 7.82 Å². The van der Waals surface area contributed by atoms with Crippen LogP contribution in [0.15, 0.2) is 48.6 Å². The predicted octanol–water partition coefficient (Wildman–Crippen LogP) is 16.8. The van der Waals surface area contributed by atoms with E-state index in [4.69, 9.17) is 9.05 Å². The van der Waals surface area contributed by atoms with E-state index in [1.165, 1.54) is 193 Å². The third-order valence-electron chi connectivity index (χ3n) is 12.5. The van der Waals surface area contributed by atoms with Crippen molar-refractivity contribution in [3.8, 4) is 0 Å². The summed E-state index contributed by atoms with van der Waals surface area (Å²) in [5.41, 5.74) is 0. The number of unbranched alkanes of at least 4 members (excludes halogenated alkanes) is 32. The zero-order valence-corrected chi connectivity index (χ0v) is 45.1. The summed E-state index contributed by atoms with van der Waals surface area (Å²) < 4.78 is 23.6. The highest BCUT2D eigenvalue weighted by Crippen LogP contribution is 2.43. The third kappa shape index (κ3) is 50.3. The van der Waals surface area contributed by atoms with Crippen molar-refractivity contribution in [2.75, 3.05) is 40.9 Å². The molecule has 0 spiro atoms. The summed E-state index contributed by atoms with van der Waals surface area (Å²) in [6.45, 7) is 4.80. The molecule has 3 atom stereocenters. The number of aliphatic hydroxyl groups excluding tert-OH is 1. The topological polar surface area (TPSA) is 105 Å². The van der Waals surface area contributed by atoms with Crippen LogP contribution in [-0.2, 0) is 18.4 Å². The number of aliphatic hydroxyl groups is 1. The summed E-state index contributed by atoms with van der Waals surface area (Å²) in [5, 5.41) is 13.9. The number of amides is 1. The van der Waals surface area contributed by atoms with E-state index in [9.17, 15) is 19.4 Å². The third-order valence-corrected chi connectivity index (χ3v) is 13.5. The Morgan fingerprint density at radius 3 is 1.30 bits per heavy atom. The summed E-state index contributed by atoms with van der Waals surface area (Å²) in [6.07, 6.45) is 63.6. The van der Waals surface area contributed by atoms with Gasteiger partial charge in [0.05, 0.1) is 39.9 Å². The number of nitrogens with one attached hydrogen (secondary N) is 1. The summed E-state index contributed by atoms with van der Waals surface area (Å²) >= 11 is 0. The fourth-order valence-corrected chi connectivity index (χ4v) is 8.82. The van der Waals surface area contributed by atoms with Crippen LogP contribution in [-0.4, -0.2) is 73.4 Å². The molecule has 0 aromatic heterocycles. The van der Waals surface area contributed by atoms with Crippen LogP contribution in [0.25, 0.3) is 0 Å². The van der Waals surface area contributed by atoms with Crippen LogP contribution in [0.1, 0.15) is 258 Å². The van der Waals surface area contributed by atoms with E-state index in [1.54, 1.807) is 6.08 Å². The van der Waals surface area contributed by atoms with E-state index in [2.05, 4.69) is 55.6 Å². The Morgan fingerprint density at radius 1 is 0.515 bits per heavy atom. The zero-order chi connectivity index (χ0) is 48.5. The average Bonchev–Trinajstić information content (AvgIpc) is 3.28. The Morgan fingerprint density at radius 2 is 0.879 bits per heavy atom. The van der Waals surface area contributed by atoms with E-state index in [-0.39, 0.29) is 19.1 Å². The molecular weight excluding hydrogens is 840 g/mol. The van der Waals surface area contributed by atoms with E-state index >= 15 is 0 Å². The van der Waals surface area contributed by atoms with Gasteiger partial charge >= 0.3 is 7.82 Å². The van der Waals surface area contributed by atoms with E-state index in [0.717, 1.165) is 44.9 Å². The van der Waals surface area contributed by atoms with Crippen molar-refractivity contribution in [1.82, 2.24) is 5.32 Å². The number of carbonyl (C=O) groups excluding carboxylic acids is 1. The van der Waals surface area contributed by atoms with Gasteiger partial charge in [-0.1, -0.05) is 236 Å². The smallest absolute Gasteiger partial charge is 0.387 e. The minimum absolute atomic E-state index is 0.0556. The van der Waals surface area contributed by atoms with Gasteiger partial charge in [0.1, 0.15) is 13.2 Å². The number of quaternary nitrogens is 1. The Bertz CT molecular complexity index is 1210. The van der Waals surface area contributed by atoms with Crippen LogP contribution in [0.5, 0.6) is 0 Å². The second-order valence-corrected chi connectivity index (χ2v) is 21.8. The number of hydrogen-bond donors (Lipinski definition) is 3. The number of likely N-dealkylation sites (N-methyl/N-ethyl adjacent to an activating group) is 1. The Balaban J connectivity index is 4.16. The molecule has 0 aliphatic heterocycles. The molecule has 0 aliphatic carbocycles. The van der Waals surface area contributed by atoms with Crippen molar-refractivity contribution in [1.29, 1.82) is 0 Å². The maximum absolute atomic E-state index is 12.9. The number of allylic oxidation sites excluding steroid dienone is 7. The lowest BCUT2D eigenvalue weighted by Gasteiger charge is -2.25. The largest absolute Gasteiger partial charge is 0.472 e. The van der Waals surface area contributed by atoms with E-state index in [1.807, 2.05) is 27.2 Å². The lowest BCUT2D eigenvalue weighted by molar-refractivity contribution is -0.870. The van der Waals surface area contributed by atoms with Crippen molar-refractivity contribution in [3.05, 3.63) is 48.6 Å². The first kappa shape index (κ1) is 64.5. The van der Waals surface area contributed by atoms with Gasteiger partial charge in [0.15, 0.2) is 0 Å². The molecule has 0 saturated carbocycles. The van der Waals surface area contributed by atoms with Crippen molar-refractivity contribution < 1.29 is 32.9 Å². The van der Waals surface area contributed by atoms with Gasteiger partial charge in [-0.05, 0) is 64.2 Å². The summed E-state index contributed by atoms with van der Waals surface area (Å²) in [5.74, 6) is -0.187. The number of phosphoric acid groups is 1. The first-order valence-corrected chi connectivity index (χ1v) is 29.5. The fourth-order valence-electron chi connectivity index (χ4n) is 8.09. The van der Waals surface area contributed by atoms with Gasteiger partial charge in [-0.25, -0.2) is 4.57 Å². The highest BCUT2D eigenvalue weighted by atomic mass is 31.2. The van der Waals surface area contributed by atoms with Gasteiger partial charge in [-0.2, -0.15) is 0 Å². The Labute approximate surface area is 409 Å². The summed E-state index contributed by atoms with van der Waals surface area (Å²) in [7, 11) is 1.56. The standard InChI is InChI=1S/C57H109N2O6P/c1-6-8-10-12-14-16-18-20-22-23-24-25-26-27-28-29-30-31-32-33-34-35-37-39-41-43-45-47-49-51-57(61)58-55(54-65-66(62,63)64-53-52-59(3,4)5)56(60)50-48-46-44-42-40-38-36-21-19-17-15-13-11-9-7-2/h24-25,27-28,40,42,48,50,55-56,60H,6-23,26,29-39,41,43-47,49,51-54H2,1-5H3,(H-,58,61,62,63)/p+1/b25-24-,28-27-,42-40+,50-48+. The first-order valence-electron chi connectivity index (χ1n) is 28.0. The second kappa shape index (κ2) is 48.5. The zero-order valence-electron chi connectivity index (χ0n) is 44.2. The molecule has 3 N–H and O–H groups in total. The number of rotatable bonds is 51. The van der Waals surface area contributed by atoms with Crippen molar-refractivity contribution in [2.24, 2.45) is 0 Å². The molecule has 3 unspecified atom stereocenters. The van der Waals surface area contributed by atoms with Gasteiger partial charge in [-0.3, -0.25) is 13.8 Å². The molecule has 0 aromatic rings. The van der Waals surface area contributed by atoms with Gasteiger partial charge in [0.25, 0.3) is 0 Å². The van der Waals surface area contributed by atoms with Crippen molar-refractivity contribution in [3.63, 3.8) is 0 Å². The molecular formula is C57H110N2O6P+. The van der Waals surface area contributed by atoms with Crippen LogP contribution in [0.3, 0.4) is 0 Å². The second-order valence-electron chi connectivity index (χ2n) is 20.3. The van der Waals surface area contributed by atoms with Gasteiger partial charge in [0, 0.05) is 6.42 Å². The van der Waals surface area contributed by atoms with Gasteiger partial charge in [-0.15, -0.1) is 0 Å². The molecule has 388 valence electrons. The Kier molecular flexibility index (Phi) is 47.4. The maximum atomic E-state index is 12.9. The minimum Gasteiger partial charge on any atom is -0.387 e. The quantitative estimate of drug-likeness (QED) is 0.0243. The van der Waals surface area contributed by atoms with Crippen LogP contribution in [0.2, 0.25) is 0 Å². The van der Waals surface area contributed by atoms with Gasteiger partial charge < -0.3 is 19.8 Å². The molecule has 8 nitrogen and oxygen atoms in total. The first-order chi connectivity index (χ1) is 32.0. The molecule has 9 heteroatoms. The molecule has 0 aromatic carbocycles. The monoisotopic (exact) mass is 950 g/mol. The molecule has 0 fully saturated rings. The highest BCUT2D eigenvalue weighted by molar-refractivity contribution is 7.47. The maximum Gasteiger partial charge on any atom is 0.472 e. The predicted molar refractivity (Wildman–Crippen MR) is 286 cm³/mol. The number of hydrogen-bond acceptors (Lipinski definition) is 5. The molecule has 0 heterocycles. The van der Waals surface area contributed by atoms with Crippen LogP contribution in [0, 0.1) is 0 Å². The van der Waals surface area contributed by atoms with E-state index in [0.29, 0.717) is 17.4 Å². The van der Waals surface area contributed by atoms with Crippen LogP contribution in [0.4, 0.5) is 0 Å².